The highest BCUT2D eigenvalue weighted by atomic mass is 35.5. The SMILES string of the molecule is CCC(=O)N[C@H]1CCCc2c1cncc2N1CCc2cc(Cl)ccc2C1=O. The Morgan fingerprint density at radius 1 is 1.33 bits per heavy atom. The summed E-state index contributed by atoms with van der Waals surface area (Å²) in [6, 6.07) is 5.41. The first-order valence-electron chi connectivity index (χ1n) is 9.45. The van der Waals surface area contributed by atoms with E-state index in [0.717, 1.165) is 48.1 Å². The van der Waals surface area contributed by atoms with Gasteiger partial charge in [-0.3, -0.25) is 14.6 Å². The molecule has 2 amide bonds. The van der Waals surface area contributed by atoms with Crippen molar-refractivity contribution in [3.05, 3.63) is 57.9 Å². The van der Waals surface area contributed by atoms with E-state index in [-0.39, 0.29) is 17.9 Å². The summed E-state index contributed by atoms with van der Waals surface area (Å²) in [6.45, 7) is 2.46. The number of nitrogens with zero attached hydrogens (tertiary/aromatic N) is 2. The number of fused-ring (bicyclic) bond motifs is 2. The van der Waals surface area contributed by atoms with Crippen LogP contribution in [0.4, 0.5) is 5.69 Å². The standard InChI is InChI=1S/C21H22ClN3O2/c1-2-20(26)24-18-5-3-4-16-17(18)11-23-12-19(16)25-9-8-13-10-14(22)6-7-15(13)21(25)27/h6-7,10-12,18H,2-5,8-9H2,1H3,(H,24,26)/t18-/m0/s1. The van der Waals surface area contributed by atoms with Gasteiger partial charge in [0.2, 0.25) is 5.91 Å². The Morgan fingerprint density at radius 3 is 3.00 bits per heavy atom. The third-order valence-electron chi connectivity index (χ3n) is 5.46. The van der Waals surface area contributed by atoms with E-state index >= 15 is 0 Å². The lowest BCUT2D eigenvalue weighted by Gasteiger charge is -2.33. The summed E-state index contributed by atoms with van der Waals surface area (Å²) in [5.41, 5.74) is 4.73. The van der Waals surface area contributed by atoms with Crippen molar-refractivity contribution in [2.24, 2.45) is 0 Å². The summed E-state index contributed by atoms with van der Waals surface area (Å²) in [6.07, 6.45) is 7.61. The van der Waals surface area contributed by atoms with Crippen LogP contribution in [0, 0.1) is 0 Å². The van der Waals surface area contributed by atoms with Crippen LogP contribution < -0.4 is 10.2 Å². The fraction of sp³-hybridized carbons (Fsp3) is 0.381. The minimum atomic E-state index is -0.0281. The Balaban J connectivity index is 1.69. The van der Waals surface area contributed by atoms with Crippen molar-refractivity contribution in [1.29, 1.82) is 0 Å². The van der Waals surface area contributed by atoms with Crippen LogP contribution in [0.2, 0.25) is 5.02 Å². The molecule has 1 N–H and O–H groups in total. The summed E-state index contributed by atoms with van der Waals surface area (Å²) < 4.78 is 0. The second kappa shape index (κ2) is 7.31. The van der Waals surface area contributed by atoms with E-state index in [1.54, 1.807) is 18.3 Å². The third-order valence-corrected chi connectivity index (χ3v) is 5.69. The van der Waals surface area contributed by atoms with E-state index in [1.165, 1.54) is 0 Å². The van der Waals surface area contributed by atoms with Crippen LogP contribution in [0.5, 0.6) is 0 Å². The number of rotatable bonds is 3. The van der Waals surface area contributed by atoms with Gasteiger partial charge in [0.15, 0.2) is 0 Å². The maximum Gasteiger partial charge on any atom is 0.258 e. The third kappa shape index (κ3) is 3.32. The molecule has 1 aliphatic heterocycles. The first-order chi connectivity index (χ1) is 13.1. The lowest BCUT2D eigenvalue weighted by atomic mass is 9.87. The van der Waals surface area contributed by atoms with E-state index in [4.69, 9.17) is 11.6 Å². The van der Waals surface area contributed by atoms with Gasteiger partial charge in [-0.15, -0.1) is 0 Å². The molecule has 140 valence electrons. The zero-order valence-electron chi connectivity index (χ0n) is 15.3. The topological polar surface area (TPSA) is 62.3 Å². The molecule has 0 bridgehead atoms. The molecule has 1 aromatic carbocycles. The minimum absolute atomic E-state index is 0.0113. The molecule has 2 aromatic rings. The Kier molecular flexibility index (Phi) is 4.87. The van der Waals surface area contributed by atoms with E-state index in [1.807, 2.05) is 24.1 Å². The molecular formula is C21H22ClN3O2. The molecule has 0 saturated heterocycles. The van der Waals surface area contributed by atoms with Gasteiger partial charge in [0.25, 0.3) is 5.91 Å². The lowest BCUT2D eigenvalue weighted by Crippen LogP contribution is -2.39. The fourth-order valence-corrected chi connectivity index (χ4v) is 4.26. The molecule has 0 radical (unpaired) electrons. The Labute approximate surface area is 163 Å². The number of anilines is 1. The molecule has 1 atom stereocenters. The molecular weight excluding hydrogens is 362 g/mol. The predicted octanol–water partition coefficient (Wildman–Crippen LogP) is 3.84. The Hall–Kier alpha value is -2.40. The molecule has 5 nitrogen and oxygen atoms in total. The Bertz CT molecular complexity index is 912. The number of benzene rings is 1. The van der Waals surface area contributed by atoms with Gasteiger partial charge in [0.05, 0.1) is 17.9 Å². The van der Waals surface area contributed by atoms with Crippen LogP contribution in [-0.2, 0) is 17.6 Å². The van der Waals surface area contributed by atoms with Crippen LogP contribution in [0.25, 0.3) is 0 Å². The van der Waals surface area contributed by atoms with Gasteiger partial charge in [-0.2, -0.15) is 0 Å². The monoisotopic (exact) mass is 383 g/mol. The van der Waals surface area contributed by atoms with Crippen LogP contribution in [0.1, 0.15) is 59.3 Å². The molecule has 2 aliphatic rings. The number of halogens is 1. The first kappa shape index (κ1) is 18.0. The molecule has 4 rings (SSSR count). The first-order valence-corrected chi connectivity index (χ1v) is 9.82. The summed E-state index contributed by atoms with van der Waals surface area (Å²) in [5, 5.41) is 3.75. The summed E-state index contributed by atoms with van der Waals surface area (Å²) >= 11 is 6.07. The van der Waals surface area contributed by atoms with Crippen molar-refractivity contribution in [3.8, 4) is 0 Å². The fourth-order valence-electron chi connectivity index (χ4n) is 4.07. The van der Waals surface area contributed by atoms with Crippen molar-refractivity contribution < 1.29 is 9.59 Å². The highest BCUT2D eigenvalue weighted by Gasteiger charge is 2.31. The van der Waals surface area contributed by atoms with Crippen molar-refractivity contribution in [2.45, 2.75) is 45.1 Å². The second-order valence-corrected chi connectivity index (χ2v) is 7.54. The van der Waals surface area contributed by atoms with Gasteiger partial charge in [-0.05, 0) is 60.6 Å². The zero-order chi connectivity index (χ0) is 19.0. The summed E-state index contributed by atoms with van der Waals surface area (Å²) in [4.78, 5) is 31.2. The maximum absolute atomic E-state index is 13.1. The number of aromatic nitrogens is 1. The van der Waals surface area contributed by atoms with Gasteiger partial charge in [0.1, 0.15) is 0 Å². The average molecular weight is 384 g/mol. The van der Waals surface area contributed by atoms with Crippen LogP contribution in [-0.4, -0.2) is 23.3 Å². The summed E-state index contributed by atoms with van der Waals surface area (Å²) in [7, 11) is 0. The average Bonchev–Trinajstić information content (AvgIpc) is 2.68. The van der Waals surface area contributed by atoms with Crippen molar-refractivity contribution in [2.75, 3.05) is 11.4 Å². The van der Waals surface area contributed by atoms with Crippen LogP contribution in [0.3, 0.4) is 0 Å². The summed E-state index contributed by atoms with van der Waals surface area (Å²) in [5.74, 6) is 0.0286. The lowest BCUT2D eigenvalue weighted by molar-refractivity contribution is -0.121. The zero-order valence-corrected chi connectivity index (χ0v) is 16.1. The molecule has 1 aromatic heterocycles. The second-order valence-electron chi connectivity index (χ2n) is 7.10. The predicted molar refractivity (Wildman–Crippen MR) is 105 cm³/mol. The van der Waals surface area contributed by atoms with Crippen LogP contribution in [0.15, 0.2) is 30.6 Å². The molecule has 0 saturated carbocycles. The molecule has 27 heavy (non-hydrogen) atoms. The van der Waals surface area contributed by atoms with E-state index in [2.05, 4.69) is 10.3 Å². The number of nitrogens with one attached hydrogen (secondary N) is 1. The van der Waals surface area contributed by atoms with E-state index in [0.29, 0.717) is 23.6 Å². The molecule has 1 aliphatic carbocycles. The van der Waals surface area contributed by atoms with Crippen LogP contribution >= 0.6 is 11.6 Å². The molecule has 0 unspecified atom stereocenters. The number of carbonyl (C=O) groups is 2. The number of pyridine rings is 1. The van der Waals surface area contributed by atoms with Gasteiger partial charge in [0, 0.05) is 29.7 Å². The van der Waals surface area contributed by atoms with Gasteiger partial charge >= 0.3 is 0 Å². The van der Waals surface area contributed by atoms with Crippen molar-refractivity contribution >= 4 is 29.1 Å². The van der Waals surface area contributed by atoms with E-state index < -0.39 is 0 Å². The van der Waals surface area contributed by atoms with Gasteiger partial charge in [-0.1, -0.05) is 18.5 Å². The molecule has 0 fully saturated rings. The minimum Gasteiger partial charge on any atom is -0.349 e. The normalized spacial score (nSPS) is 18.7. The quantitative estimate of drug-likeness (QED) is 0.875. The highest BCUT2D eigenvalue weighted by molar-refractivity contribution is 6.30. The number of hydrogen-bond donors (Lipinski definition) is 1. The molecule has 0 spiro atoms. The Morgan fingerprint density at radius 2 is 2.19 bits per heavy atom. The maximum atomic E-state index is 13.1. The largest absolute Gasteiger partial charge is 0.349 e. The number of amides is 2. The van der Waals surface area contributed by atoms with E-state index in [9.17, 15) is 9.59 Å². The molecule has 6 heteroatoms. The molecule has 2 heterocycles. The van der Waals surface area contributed by atoms with Crippen molar-refractivity contribution in [1.82, 2.24) is 10.3 Å². The smallest absolute Gasteiger partial charge is 0.258 e. The van der Waals surface area contributed by atoms with Gasteiger partial charge < -0.3 is 10.2 Å². The van der Waals surface area contributed by atoms with Crippen molar-refractivity contribution in [3.63, 3.8) is 0 Å². The number of hydrogen-bond acceptors (Lipinski definition) is 3. The number of carbonyl (C=O) groups excluding carboxylic acids is 2. The van der Waals surface area contributed by atoms with Gasteiger partial charge in [-0.25, -0.2) is 0 Å². The highest BCUT2D eigenvalue weighted by Crippen LogP contribution is 2.37.